The summed E-state index contributed by atoms with van der Waals surface area (Å²) in [5.74, 6) is -1.06. The minimum Gasteiger partial charge on any atom is -0.465 e. The number of benzene rings is 3. The van der Waals surface area contributed by atoms with Gasteiger partial charge in [-0.05, 0) is 35.9 Å². The summed E-state index contributed by atoms with van der Waals surface area (Å²) < 4.78 is 32.7. The summed E-state index contributed by atoms with van der Waals surface area (Å²) in [5.41, 5.74) is 1.34. The minimum atomic E-state index is -4.04. The molecule has 0 aromatic heterocycles. The number of nitrogens with one attached hydrogen (secondary N) is 2. The van der Waals surface area contributed by atoms with E-state index in [1.165, 1.54) is 43.5 Å². The fourth-order valence-electron chi connectivity index (χ4n) is 2.76. The molecule has 0 heterocycles. The highest BCUT2D eigenvalue weighted by atomic mass is 32.2. The lowest BCUT2D eigenvalue weighted by Gasteiger charge is -2.13. The van der Waals surface area contributed by atoms with Gasteiger partial charge in [0.1, 0.15) is 0 Å². The lowest BCUT2D eigenvalue weighted by Crippen LogP contribution is -2.25. The molecule has 3 rings (SSSR count). The molecule has 3 aromatic rings. The summed E-state index contributed by atoms with van der Waals surface area (Å²) >= 11 is 0. The Hall–Kier alpha value is -3.65. The number of sulfonamides is 1. The zero-order chi connectivity index (χ0) is 21.6. The zero-order valence-corrected chi connectivity index (χ0v) is 17.0. The second-order valence-corrected chi connectivity index (χ2v) is 8.02. The first kappa shape index (κ1) is 21.1. The van der Waals surface area contributed by atoms with Crippen LogP contribution in [0.15, 0.2) is 83.8 Å². The van der Waals surface area contributed by atoms with Crippen molar-refractivity contribution >= 4 is 27.6 Å². The van der Waals surface area contributed by atoms with E-state index in [9.17, 15) is 18.0 Å². The molecule has 0 aliphatic rings. The van der Waals surface area contributed by atoms with E-state index >= 15 is 0 Å². The van der Waals surface area contributed by atoms with Crippen LogP contribution in [0.1, 0.15) is 26.3 Å². The molecule has 0 saturated carbocycles. The van der Waals surface area contributed by atoms with Crippen molar-refractivity contribution in [3.8, 4) is 0 Å². The Morgan fingerprint density at radius 3 is 2.33 bits per heavy atom. The number of carbonyl (C=O) groups is 2. The first-order chi connectivity index (χ1) is 14.4. The molecule has 0 aliphatic heterocycles. The first-order valence-corrected chi connectivity index (χ1v) is 10.5. The molecule has 0 fully saturated rings. The maximum Gasteiger partial charge on any atom is 0.337 e. The van der Waals surface area contributed by atoms with Crippen LogP contribution >= 0.6 is 0 Å². The molecule has 1 amide bonds. The third-order valence-corrected chi connectivity index (χ3v) is 5.64. The third kappa shape index (κ3) is 5.03. The first-order valence-electron chi connectivity index (χ1n) is 9.03. The summed E-state index contributed by atoms with van der Waals surface area (Å²) in [6, 6.07) is 21.1. The summed E-state index contributed by atoms with van der Waals surface area (Å²) in [6.07, 6.45) is 0. The molecule has 0 saturated heterocycles. The van der Waals surface area contributed by atoms with Crippen LogP contribution in [0.3, 0.4) is 0 Å². The average Bonchev–Trinajstić information content (AvgIpc) is 2.78. The van der Waals surface area contributed by atoms with Gasteiger partial charge in [0.2, 0.25) is 0 Å². The maximum absolute atomic E-state index is 12.8. The summed E-state index contributed by atoms with van der Waals surface area (Å²) in [7, 11) is -2.82. The third-order valence-electron chi connectivity index (χ3n) is 4.28. The number of rotatable bonds is 7. The Balaban J connectivity index is 1.81. The van der Waals surface area contributed by atoms with E-state index in [0.717, 1.165) is 5.56 Å². The van der Waals surface area contributed by atoms with Gasteiger partial charge >= 0.3 is 5.97 Å². The number of amides is 1. The predicted octanol–water partition coefficient (Wildman–Crippen LogP) is 3.20. The summed E-state index contributed by atoms with van der Waals surface area (Å²) in [6.45, 7) is 0.307. The van der Waals surface area contributed by atoms with Gasteiger partial charge in [-0.3, -0.25) is 9.52 Å². The fraction of sp³-hybridized carbons (Fsp3) is 0.0909. The lowest BCUT2D eigenvalue weighted by molar-refractivity contribution is 0.0600. The zero-order valence-electron chi connectivity index (χ0n) is 16.2. The van der Waals surface area contributed by atoms with E-state index in [1.54, 1.807) is 12.1 Å². The quantitative estimate of drug-likeness (QED) is 0.567. The minimum absolute atomic E-state index is 0.106. The number of hydrogen-bond acceptors (Lipinski definition) is 5. The predicted molar refractivity (Wildman–Crippen MR) is 113 cm³/mol. The SMILES string of the molecule is COC(=O)c1cccc(S(=O)(=O)Nc2ccccc2C(=O)NCc2ccccc2)c1. The Labute approximate surface area is 174 Å². The van der Waals surface area contributed by atoms with Gasteiger partial charge in [0.05, 0.1) is 28.8 Å². The second kappa shape index (κ2) is 9.23. The number of methoxy groups -OCH3 is 1. The molecule has 154 valence electrons. The summed E-state index contributed by atoms with van der Waals surface area (Å²) in [4.78, 5) is 24.2. The Morgan fingerprint density at radius 2 is 1.60 bits per heavy atom. The van der Waals surface area contributed by atoms with Crippen LogP contribution in [0.2, 0.25) is 0 Å². The molecule has 2 N–H and O–H groups in total. The molecule has 0 unspecified atom stereocenters. The van der Waals surface area contributed by atoms with Crippen LogP contribution in [-0.4, -0.2) is 27.4 Å². The topological polar surface area (TPSA) is 102 Å². The number of ether oxygens (including phenoxy) is 1. The van der Waals surface area contributed by atoms with Crippen molar-refractivity contribution in [1.82, 2.24) is 5.32 Å². The van der Waals surface area contributed by atoms with Gasteiger partial charge in [-0.2, -0.15) is 0 Å². The maximum atomic E-state index is 12.8. The van der Waals surface area contributed by atoms with Crippen molar-refractivity contribution in [1.29, 1.82) is 0 Å². The molecular weight excluding hydrogens is 404 g/mol. The standard InChI is InChI=1S/C22H20N2O5S/c1-29-22(26)17-10-7-11-18(14-17)30(27,28)24-20-13-6-5-12-19(20)21(25)23-15-16-8-3-2-4-9-16/h2-14,24H,15H2,1H3,(H,23,25). The van der Waals surface area contributed by atoms with E-state index in [0.29, 0.717) is 6.54 Å². The van der Waals surface area contributed by atoms with Crippen LogP contribution in [0.4, 0.5) is 5.69 Å². The van der Waals surface area contributed by atoms with Gasteiger partial charge in [-0.25, -0.2) is 13.2 Å². The highest BCUT2D eigenvalue weighted by Gasteiger charge is 2.20. The van der Waals surface area contributed by atoms with Crippen LogP contribution in [0, 0.1) is 0 Å². The Bertz CT molecular complexity index is 1160. The van der Waals surface area contributed by atoms with Gasteiger partial charge in [-0.15, -0.1) is 0 Å². The van der Waals surface area contributed by atoms with Gasteiger partial charge < -0.3 is 10.1 Å². The van der Waals surface area contributed by atoms with Crippen LogP contribution in [0.25, 0.3) is 0 Å². The smallest absolute Gasteiger partial charge is 0.337 e. The molecule has 0 bridgehead atoms. The van der Waals surface area contributed by atoms with Crippen LogP contribution in [-0.2, 0) is 21.3 Å². The number of esters is 1. The van der Waals surface area contributed by atoms with E-state index in [4.69, 9.17) is 0 Å². The summed E-state index contributed by atoms with van der Waals surface area (Å²) in [5, 5.41) is 2.78. The normalized spacial score (nSPS) is 10.8. The largest absolute Gasteiger partial charge is 0.465 e. The number of anilines is 1. The van der Waals surface area contributed by atoms with Crippen molar-refractivity contribution in [2.45, 2.75) is 11.4 Å². The highest BCUT2D eigenvalue weighted by molar-refractivity contribution is 7.92. The highest BCUT2D eigenvalue weighted by Crippen LogP contribution is 2.21. The van der Waals surface area contributed by atoms with Gasteiger partial charge in [0, 0.05) is 6.54 Å². The van der Waals surface area contributed by atoms with E-state index in [-0.39, 0.29) is 21.7 Å². The van der Waals surface area contributed by atoms with Crippen molar-refractivity contribution in [2.75, 3.05) is 11.8 Å². The number of para-hydroxylation sites is 1. The fourth-order valence-corrected chi connectivity index (χ4v) is 3.88. The van der Waals surface area contributed by atoms with Gasteiger partial charge in [-0.1, -0.05) is 48.5 Å². The van der Waals surface area contributed by atoms with E-state index in [2.05, 4.69) is 14.8 Å². The molecule has 0 spiro atoms. The van der Waals surface area contributed by atoms with Crippen molar-refractivity contribution in [3.63, 3.8) is 0 Å². The molecule has 0 atom stereocenters. The van der Waals surface area contributed by atoms with Gasteiger partial charge in [0.25, 0.3) is 15.9 Å². The molecule has 30 heavy (non-hydrogen) atoms. The number of carbonyl (C=O) groups excluding carboxylic acids is 2. The van der Waals surface area contributed by atoms with Crippen molar-refractivity contribution < 1.29 is 22.7 Å². The molecule has 0 aliphatic carbocycles. The average molecular weight is 424 g/mol. The second-order valence-electron chi connectivity index (χ2n) is 6.34. The van der Waals surface area contributed by atoms with Crippen LogP contribution in [0.5, 0.6) is 0 Å². The Kier molecular flexibility index (Phi) is 6.48. The monoisotopic (exact) mass is 424 g/mol. The van der Waals surface area contributed by atoms with Crippen molar-refractivity contribution in [3.05, 3.63) is 95.6 Å². The molecular formula is C22H20N2O5S. The molecule has 0 radical (unpaired) electrons. The van der Waals surface area contributed by atoms with E-state index < -0.39 is 21.9 Å². The van der Waals surface area contributed by atoms with E-state index in [1.807, 2.05) is 30.3 Å². The number of hydrogen-bond donors (Lipinski definition) is 2. The Morgan fingerprint density at radius 1 is 0.900 bits per heavy atom. The molecule has 7 nitrogen and oxygen atoms in total. The van der Waals surface area contributed by atoms with Crippen molar-refractivity contribution in [2.24, 2.45) is 0 Å². The molecule has 8 heteroatoms. The van der Waals surface area contributed by atoms with Crippen LogP contribution < -0.4 is 10.0 Å². The van der Waals surface area contributed by atoms with Gasteiger partial charge in [0.15, 0.2) is 0 Å². The lowest BCUT2D eigenvalue weighted by atomic mass is 10.1. The molecule has 3 aromatic carbocycles.